The highest BCUT2D eigenvalue weighted by atomic mass is 79.9. The van der Waals surface area contributed by atoms with Gasteiger partial charge in [0.15, 0.2) is 0 Å². The minimum Gasteiger partial charge on any atom is -0.281 e. The van der Waals surface area contributed by atoms with E-state index in [-0.39, 0.29) is 11.8 Å². The molecule has 1 aliphatic heterocycles. The molecule has 0 spiro atoms. The first-order valence-electron chi connectivity index (χ1n) is 5.08. The van der Waals surface area contributed by atoms with Crippen molar-refractivity contribution in [1.29, 1.82) is 0 Å². The standard InChI is InChI=1S/C12H12BrNO2/c1-9(15)14-8-12(13,7-11(14)16)10-5-3-2-4-6-10/h2-6H,7-8H2,1H3. The lowest BCUT2D eigenvalue weighted by molar-refractivity contribution is -0.140. The zero-order valence-corrected chi connectivity index (χ0v) is 10.5. The third-order valence-corrected chi connectivity index (χ3v) is 3.80. The maximum Gasteiger partial charge on any atom is 0.231 e. The summed E-state index contributed by atoms with van der Waals surface area (Å²) in [6, 6.07) is 9.72. The number of amides is 2. The third kappa shape index (κ3) is 1.89. The molecule has 16 heavy (non-hydrogen) atoms. The zero-order valence-electron chi connectivity index (χ0n) is 8.94. The van der Waals surface area contributed by atoms with Gasteiger partial charge in [-0.05, 0) is 5.56 Å². The van der Waals surface area contributed by atoms with Gasteiger partial charge in [0.25, 0.3) is 0 Å². The van der Waals surface area contributed by atoms with Gasteiger partial charge < -0.3 is 0 Å². The molecule has 3 nitrogen and oxygen atoms in total. The maximum absolute atomic E-state index is 11.7. The number of likely N-dealkylation sites (tertiary alicyclic amines) is 1. The molecule has 2 amide bonds. The van der Waals surface area contributed by atoms with Crippen LogP contribution < -0.4 is 0 Å². The van der Waals surface area contributed by atoms with Crippen molar-refractivity contribution < 1.29 is 9.59 Å². The van der Waals surface area contributed by atoms with Gasteiger partial charge in [-0.1, -0.05) is 46.3 Å². The van der Waals surface area contributed by atoms with Gasteiger partial charge in [0.2, 0.25) is 11.8 Å². The van der Waals surface area contributed by atoms with Crippen molar-refractivity contribution in [3.05, 3.63) is 35.9 Å². The molecule has 2 rings (SSSR count). The molecule has 4 heteroatoms. The van der Waals surface area contributed by atoms with Crippen molar-refractivity contribution in [3.8, 4) is 0 Å². The van der Waals surface area contributed by atoms with Crippen LogP contribution in [0.4, 0.5) is 0 Å². The van der Waals surface area contributed by atoms with E-state index in [4.69, 9.17) is 0 Å². The smallest absolute Gasteiger partial charge is 0.231 e. The fourth-order valence-corrected chi connectivity index (χ4v) is 2.70. The molecule has 0 aromatic heterocycles. The number of nitrogens with zero attached hydrogens (tertiary/aromatic N) is 1. The second-order valence-corrected chi connectivity index (χ2v) is 5.52. The van der Waals surface area contributed by atoms with E-state index in [0.717, 1.165) is 5.56 Å². The number of carbonyl (C=O) groups is 2. The van der Waals surface area contributed by atoms with E-state index in [1.54, 1.807) is 0 Å². The molecule has 0 N–H and O–H groups in total. The second-order valence-electron chi connectivity index (χ2n) is 4.01. The quantitative estimate of drug-likeness (QED) is 0.739. The van der Waals surface area contributed by atoms with Crippen LogP contribution in [0.15, 0.2) is 30.3 Å². The molecule has 1 unspecified atom stereocenters. The summed E-state index contributed by atoms with van der Waals surface area (Å²) in [5, 5.41) is 0. The number of halogens is 1. The molecule has 0 saturated carbocycles. The van der Waals surface area contributed by atoms with E-state index in [9.17, 15) is 9.59 Å². The molecule has 1 aliphatic rings. The lowest BCUT2D eigenvalue weighted by Crippen LogP contribution is -2.31. The van der Waals surface area contributed by atoms with Gasteiger partial charge in [0.1, 0.15) is 0 Å². The van der Waals surface area contributed by atoms with Gasteiger partial charge in [-0.3, -0.25) is 14.5 Å². The average molecular weight is 282 g/mol. The molecule has 1 aromatic rings. The summed E-state index contributed by atoms with van der Waals surface area (Å²) in [4.78, 5) is 24.2. The van der Waals surface area contributed by atoms with Crippen molar-refractivity contribution in [2.45, 2.75) is 17.7 Å². The molecule has 1 saturated heterocycles. The third-order valence-electron chi connectivity index (χ3n) is 2.81. The van der Waals surface area contributed by atoms with Crippen LogP contribution in [-0.2, 0) is 13.9 Å². The SMILES string of the molecule is CC(=O)N1CC(Br)(c2ccccc2)CC1=O. The Morgan fingerprint density at radius 3 is 2.50 bits per heavy atom. The van der Waals surface area contributed by atoms with Crippen molar-refractivity contribution in [3.63, 3.8) is 0 Å². The average Bonchev–Trinajstić information content (AvgIpc) is 2.57. The predicted octanol–water partition coefficient (Wildman–Crippen LogP) is 2.06. The van der Waals surface area contributed by atoms with E-state index in [0.29, 0.717) is 13.0 Å². The van der Waals surface area contributed by atoms with Crippen LogP contribution in [0.5, 0.6) is 0 Å². The monoisotopic (exact) mass is 281 g/mol. The first-order chi connectivity index (χ1) is 7.53. The summed E-state index contributed by atoms with van der Waals surface area (Å²) in [7, 11) is 0. The van der Waals surface area contributed by atoms with Crippen LogP contribution in [0.2, 0.25) is 0 Å². The van der Waals surface area contributed by atoms with E-state index < -0.39 is 4.32 Å². The molecule has 84 valence electrons. The minimum absolute atomic E-state index is 0.117. The molecular formula is C12H12BrNO2. The highest BCUT2D eigenvalue weighted by Gasteiger charge is 2.43. The topological polar surface area (TPSA) is 37.4 Å². The number of imide groups is 1. The van der Waals surface area contributed by atoms with Crippen molar-refractivity contribution in [2.75, 3.05) is 6.54 Å². The van der Waals surface area contributed by atoms with Gasteiger partial charge in [0, 0.05) is 19.9 Å². The number of benzene rings is 1. The van der Waals surface area contributed by atoms with Crippen LogP contribution in [0.25, 0.3) is 0 Å². The van der Waals surface area contributed by atoms with Crippen molar-refractivity contribution in [1.82, 2.24) is 4.90 Å². The summed E-state index contributed by atoms with van der Waals surface area (Å²) in [6.45, 7) is 1.83. The Balaban J connectivity index is 2.30. The normalized spacial score (nSPS) is 24.9. The Kier molecular flexibility index (Phi) is 2.84. The Morgan fingerprint density at radius 2 is 2.00 bits per heavy atom. The van der Waals surface area contributed by atoms with Crippen LogP contribution in [0.3, 0.4) is 0 Å². The van der Waals surface area contributed by atoms with E-state index >= 15 is 0 Å². The summed E-state index contributed by atoms with van der Waals surface area (Å²) in [5.74, 6) is -0.310. The highest BCUT2D eigenvalue weighted by Crippen LogP contribution is 2.40. The minimum atomic E-state index is -0.420. The van der Waals surface area contributed by atoms with E-state index in [1.165, 1.54) is 11.8 Å². The zero-order chi connectivity index (χ0) is 11.8. The first-order valence-corrected chi connectivity index (χ1v) is 5.88. The number of carbonyl (C=O) groups excluding carboxylic acids is 2. The molecule has 0 aliphatic carbocycles. The highest BCUT2D eigenvalue weighted by molar-refractivity contribution is 9.09. The lowest BCUT2D eigenvalue weighted by Gasteiger charge is -2.21. The summed E-state index contributed by atoms with van der Waals surface area (Å²) in [6.07, 6.45) is 0.330. The van der Waals surface area contributed by atoms with Gasteiger partial charge in [-0.25, -0.2) is 0 Å². The largest absolute Gasteiger partial charge is 0.281 e. The number of rotatable bonds is 1. The molecule has 0 radical (unpaired) electrons. The van der Waals surface area contributed by atoms with Gasteiger partial charge >= 0.3 is 0 Å². The molecule has 1 fully saturated rings. The lowest BCUT2D eigenvalue weighted by atomic mass is 9.98. The Labute approximate surface area is 103 Å². The van der Waals surface area contributed by atoms with Gasteiger partial charge in [-0.2, -0.15) is 0 Å². The fourth-order valence-electron chi connectivity index (χ4n) is 1.95. The molecule has 1 atom stereocenters. The predicted molar refractivity (Wildman–Crippen MR) is 64.1 cm³/mol. The molecule has 0 bridgehead atoms. The van der Waals surface area contributed by atoms with Crippen molar-refractivity contribution in [2.24, 2.45) is 0 Å². The molecular weight excluding hydrogens is 270 g/mol. The Bertz CT molecular complexity index is 432. The van der Waals surface area contributed by atoms with Gasteiger partial charge in [0.05, 0.1) is 4.32 Å². The number of hydrogen-bond acceptors (Lipinski definition) is 2. The summed E-state index contributed by atoms with van der Waals surface area (Å²) < 4.78 is -0.420. The van der Waals surface area contributed by atoms with E-state index in [1.807, 2.05) is 30.3 Å². The summed E-state index contributed by atoms with van der Waals surface area (Å²) >= 11 is 3.59. The first kappa shape index (κ1) is 11.3. The second kappa shape index (κ2) is 4.01. The fraction of sp³-hybridized carbons (Fsp3) is 0.333. The van der Waals surface area contributed by atoms with Crippen LogP contribution >= 0.6 is 15.9 Å². The molecule has 1 aromatic carbocycles. The Hall–Kier alpha value is -1.16. The maximum atomic E-state index is 11.7. The van der Waals surface area contributed by atoms with E-state index in [2.05, 4.69) is 15.9 Å². The van der Waals surface area contributed by atoms with Crippen molar-refractivity contribution >= 4 is 27.7 Å². The van der Waals surface area contributed by atoms with Crippen LogP contribution in [0.1, 0.15) is 18.9 Å². The number of hydrogen-bond donors (Lipinski definition) is 0. The number of alkyl halides is 1. The van der Waals surface area contributed by atoms with Gasteiger partial charge in [-0.15, -0.1) is 0 Å². The van der Waals surface area contributed by atoms with Crippen LogP contribution in [-0.4, -0.2) is 23.3 Å². The van der Waals surface area contributed by atoms with Crippen LogP contribution in [0, 0.1) is 0 Å². The Morgan fingerprint density at radius 1 is 1.38 bits per heavy atom. The summed E-state index contributed by atoms with van der Waals surface area (Å²) in [5.41, 5.74) is 1.03. The molecule has 1 heterocycles.